The van der Waals surface area contributed by atoms with E-state index >= 15 is 0 Å². The molecule has 0 atom stereocenters. The molecular weight excluding hydrogens is 319 g/mol. The van der Waals surface area contributed by atoms with Crippen LogP contribution in [-0.2, 0) is 6.18 Å². The first-order valence-corrected chi connectivity index (χ1v) is 7.19. The van der Waals surface area contributed by atoms with Crippen molar-refractivity contribution in [1.29, 1.82) is 0 Å². The van der Waals surface area contributed by atoms with Crippen LogP contribution in [0.15, 0.2) is 42.6 Å². The number of alkyl halides is 3. The molecule has 0 unspecified atom stereocenters. The molecule has 7 heteroatoms. The van der Waals surface area contributed by atoms with Gasteiger partial charge in [0.2, 0.25) is 0 Å². The number of amides is 1. The molecule has 24 heavy (non-hydrogen) atoms. The molecule has 3 rings (SSSR count). The Hall–Kier alpha value is -2.83. The van der Waals surface area contributed by atoms with E-state index in [9.17, 15) is 18.0 Å². The lowest BCUT2D eigenvalue weighted by Crippen LogP contribution is -2.13. The molecule has 0 bridgehead atoms. The van der Waals surface area contributed by atoms with E-state index in [1.54, 1.807) is 16.7 Å². The first-order valence-electron chi connectivity index (χ1n) is 7.19. The number of fused-ring (bicyclic) bond motifs is 1. The summed E-state index contributed by atoms with van der Waals surface area (Å²) in [6, 6.07) is 7.84. The minimum absolute atomic E-state index is 0.289. The molecule has 0 fully saturated rings. The van der Waals surface area contributed by atoms with Gasteiger partial charge < -0.3 is 9.72 Å². The molecular formula is C17H14F3N3O. The molecule has 4 nitrogen and oxygen atoms in total. The molecule has 2 aromatic heterocycles. The van der Waals surface area contributed by atoms with Gasteiger partial charge in [0.05, 0.1) is 11.1 Å². The SMILES string of the molecule is Cc1cc(C)n2ccc(C(=O)Nc3ccc(C(F)(F)F)cc3)c2n1. The van der Waals surface area contributed by atoms with Gasteiger partial charge in [-0.1, -0.05) is 0 Å². The van der Waals surface area contributed by atoms with Gasteiger partial charge in [-0.15, -0.1) is 0 Å². The molecule has 0 aliphatic heterocycles. The maximum absolute atomic E-state index is 12.6. The normalized spacial score (nSPS) is 11.7. The van der Waals surface area contributed by atoms with Crippen LogP contribution in [0.25, 0.3) is 5.65 Å². The molecule has 124 valence electrons. The third-order valence-electron chi connectivity index (χ3n) is 3.65. The van der Waals surface area contributed by atoms with E-state index in [2.05, 4.69) is 10.3 Å². The maximum Gasteiger partial charge on any atom is 0.416 e. The number of hydrogen-bond donors (Lipinski definition) is 1. The van der Waals surface area contributed by atoms with Gasteiger partial charge >= 0.3 is 6.18 Å². The summed E-state index contributed by atoms with van der Waals surface area (Å²) in [5.74, 6) is -0.422. The van der Waals surface area contributed by atoms with Gasteiger partial charge in [-0.05, 0) is 50.2 Å². The Morgan fingerprint density at radius 3 is 2.42 bits per heavy atom. The number of carbonyl (C=O) groups excluding carboxylic acids is 1. The number of rotatable bonds is 2. The number of hydrogen-bond acceptors (Lipinski definition) is 2. The lowest BCUT2D eigenvalue weighted by molar-refractivity contribution is -0.137. The highest BCUT2D eigenvalue weighted by Crippen LogP contribution is 2.30. The van der Waals surface area contributed by atoms with E-state index in [-0.39, 0.29) is 5.69 Å². The van der Waals surface area contributed by atoms with Crippen LogP contribution in [0.4, 0.5) is 18.9 Å². The van der Waals surface area contributed by atoms with Crippen molar-refractivity contribution in [3.63, 3.8) is 0 Å². The van der Waals surface area contributed by atoms with Crippen molar-refractivity contribution in [2.45, 2.75) is 20.0 Å². The van der Waals surface area contributed by atoms with Crippen molar-refractivity contribution in [2.75, 3.05) is 5.32 Å². The van der Waals surface area contributed by atoms with E-state index in [4.69, 9.17) is 0 Å². The number of aromatic nitrogens is 2. The first-order chi connectivity index (χ1) is 11.3. The largest absolute Gasteiger partial charge is 0.416 e. The zero-order valence-corrected chi connectivity index (χ0v) is 13.0. The quantitative estimate of drug-likeness (QED) is 0.763. The number of anilines is 1. The molecule has 0 spiro atoms. The van der Waals surface area contributed by atoms with Crippen molar-refractivity contribution in [1.82, 2.24) is 9.38 Å². The second kappa shape index (κ2) is 5.67. The minimum Gasteiger partial charge on any atom is -0.322 e. The van der Waals surface area contributed by atoms with Crippen molar-refractivity contribution in [2.24, 2.45) is 0 Å². The molecule has 0 aliphatic carbocycles. The van der Waals surface area contributed by atoms with Crippen LogP contribution in [0.1, 0.15) is 27.3 Å². The van der Waals surface area contributed by atoms with Gasteiger partial charge in [0.25, 0.3) is 5.91 Å². The number of nitrogens with zero attached hydrogens (tertiary/aromatic N) is 2. The van der Waals surface area contributed by atoms with Crippen LogP contribution >= 0.6 is 0 Å². The standard InChI is InChI=1S/C17H14F3N3O/c1-10-9-11(2)23-8-7-14(15(23)21-10)16(24)22-13-5-3-12(4-6-13)17(18,19)20/h3-9H,1-2H3,(H,22,24). The Labute approximate surface area is 135 Å². The molecule has 0 aliphatic rings. The second-order valence-corrected chi connectivity index (χ2v) is 5.49. The molecule has 0 radical (unpaired) electrons. The van der Waals surface area contributed by atoms with Crippen molar-refractivity contribution < 1.29 is 18.0 Å². The Kier molecular flexibility index (Phi) is 3.79. The summed E-state index contributed by atoms with van der Waals surface area (Å²) in [4.78, 5) is 16.8. The van der Waals surface area contributed by atoms with Gasteiger partial charge in [-0.3, -0.25) is 4.79 Å². The summed E-state index contributed by atoms with van der Waals surface area (Å²) >= 11 is 0. The van der Waals surface area contributed by atoms with Crippen LogP contribution in [0.2, 0.25) is 0 Å². The van der Waals surface area contributed by atoms with Crippen LogP contribution < -0.4 is 5.32 Å². The first kappa shape index (κ1) is 16.0. The van der Waals surface area contributed by atoms with E-state index < -0.39 is 17.6 Å². The maximum atomic E-state index is 12.6. The average molecular weight is 333 g/mol. The van der Waals surface area contributed by atoms with Gasteiger partial charge in [-0.25, -0.2) is 4.98 Å². The van der Waals surface area contributed by atoms with Gasteiger partial charge in [0, 0.05) is 23.3 Å². The zero-order chi connectivity index (χ0) is 17.5. The molecule has 2 heterocycles. The van der Waals surface area contributed by atoms with E-state index in [0.29, 0.717) is 11.2 Å². The van der Waals surface area contributed by atoms with Crippen LogP contribution in [0.5, 0.6) is 0 Å². The predicted molar refractivity (Wildman–Crippen MR) is 84.1 cm³/mol. The minimum atomic E-state index is -4.40. The van der Waals surface area contributed by atoms with Crippen LogP contribution in [-0.4, -0.2) is 15.3 Å². The predicted octanol–water partition coefficient (Wildman–Crippen LogP) is 4.22. The number of benzene rings is 1. The summed E-state index contributed by atoms with van der Waals surface area (Å²) in [5, 5.41) is 2.59. The molecule has 0 saturated carbocycles. The highest BCUT2D eigenvalue weighted by molar-refractivity contribution is 6.08. The summed E-state index contributed by atoms with van der Waals surface area (Å²) < 4.78 is 39.5. The highest BCUT2D eigenvalue weighted by atomic mass is 19.4. The summed E-state index contributed by atoms with van der Waals surface area (Å²) in [5.41, 5.74) is 2.12. The fourth-order valence-electron chi connectivity index (χ4n) is 2.51. The third-order valence-corrected chi connectivity index (χ3v) is 3.65. The average Bonchev–Trinajstić information content (AvgIpc) is 2.91. The number of halogens is 3. The zero-order valence-electron chi connectivity index (χ0n) is 13.0. The van der Waals surface area contributed by atoms with Crippen molar-refractivity contribution >= 4 is 17.2 Å². The summed E-state index contributed by atoms with van der Waals surface area (Å²) in [6.07, 6.45) is -2.67. The molecule has 1 aromatic carbocycles. The van der Waals surface area contributed by atoms with Gasteiger partial charge in [-0.2, -0.15) is 13.2 Å². The smallest absolute Gasteiger partial charge is 0.322 e. The molecule has 1 amide bonds. The Morgan fingerprint density at radius 1 is 1.12 bits per heavy atom. The number of carbonyl (C=O) groups is 1. The number of aryl methyl sites for hydroxylation is 2. The van der Waals surface area contributed by atoms with Crippen LogP contribution in [0.3, 0.4) is 0 Å². The molecule has 3 aromatic rings. The van der Waals surface area contributed by atoms with E-state index in [0.717, 1.165) is 23.5 Å². The number of nitrogens with one attached hydrogen (secondary N) is 1. The fourth-order valence-corrected chi connectivity index (χ4v) is 2.51. The van der Waals surface area contributed by atoms with E-state index in [1.807, 2.05) is 19.9 Å². The molecule has 0 saturated heterocycles. The summed E-state index contributed by atoms with van der Waals surface area (Å²) in [7, 11) is 0. The lowest BCUT2D eigenvalue weighted by atomic mass is 10.2. The fraction of sp³-hybridized carbons (Fsp3) is 0.176. The highest BCUT2D eigenvalue weighted by Gasteiger charge is 2.30. The van der Waals surface area contributed by atoms with Crippen molar-refractivity contribution in [3.05, 3.63) is 65.1 Å². The van der Waals surface area contributed by atoms with E-state index in [1.165, 1.54) is 12.1 Å². The summed E-state index contributed by atoms with van der Waals surface area (Å²) in [6.45, 7) is 3.73. The third kappa shape index (κ3) is 2.97. The lowest BCUT2D eigenvalue weighted by Gasteiger charge is -2.09. The molecule has 1 N–H and O–H groups in total. The monoisotopic (exact) mass is 333 g/mol. The second-order valence-electron chi connectivity index (χ2n) is 5.49. The van der Waals surface area contributed by atoms with Crippen molar-refractivity contribution in [3.8, 4) is 0 Å². The Morgan fingerprint density at radius 2 is 1.79 bits per heavy atom. The van der Waals surface area contributed by atoms with Gasteiger partial charge in [0.15, 0.2) is 0 Å². The van der Waals surface area contributed by atoms with Gasteiger partial charge in [0.1, 0.15) is 5.65 Å². The van der Waals surface area contributed by atoms with Crippen LogP contribution in [0, 0.1) is 13.8 Å². The Bertz CT molecular complexity index is 911. The Balaban J connectivity index is 1.88. The topological polar surface area (TPSA) is 46.4 Å².